The summed E-state index contributed by atoms with van der Waals surface area (Å²) in [5.41, 5.74) is 2.79. The van der Waals surface area contributed by atoms with Crippen LogP contribution in [0.2, 0.25) is 0 Å². The third-order valence-electron chi connectivity index (χ3n) is 3.50. The van der Waals surface area contributed by atoms with Crippen LogP contribution in [0.15, 0.2) is 59.6 Å². The first kappa shape index (κ1) is 18.7. The Hall–Kier alpha value is -3.05. The average molecular weight is 399 g/mol. The summed E-state index contributed by atoms with van der Waals surface area (Å²) in [4.78, 5) is 16.1. The standard InChI is InChI=1S/C16H12F3N3O4S/c17-16(18,19)26-13-7-3-4-8-14(13)27(24,25)22-21-15(23)11-9-20-12-6-2-1-5-10(11)12/h1-9,20,22H,(H,21,23). The van der Waals surface area contributed by atoms with Crippen LogP contribution in [0, 0.1) is 0 Å². The van der Waals surface area contributed by atoms with Crippen LogP contribution in [0.4, 0.5) is 13.2 Å². The summed E-state index contributed by atoms with van der Waals surface area (Å²) in [6.45, 7) is 0. The van der Waals surface area contributed by atoms with Gasteiger partial charge in [0.1, 0.15) is 10.6 Å². The molecule has 0 aliphatic carbocycles. The Labute approximate surface area is 151 Å². The molecule has 7 nitrogen and oxygen atoms in total. The summed E-state index contributed by atoms with van der Waals surface area (Å²) in [6, 6.07) is 11.0. The number of hydrogen-bond acceptors (Lipinski definition) is 4. The molecule has 0 bridgehead atoms. The molecule has 0 saturated heterocycles. The third-order valence-corrected chi connectivity index (χ3v) is 4.78. The van der Waals surface area contributed by atoms with Gasteiger partial charge in [0, 0.05) is 17.1 Å². The number of halogens is 3. The number of hydrogen-bond donors (Lipinski definition) is 3. The van der Waals surface area contributed by atoms with Gasteiger partial charge < -0.3 is 9.72 Å². The number of fused-ring (bicyclic) bond motifs is 1. The number of alkyl halides is 3. The lowest BCUT2D eigenvalue weighted by Gasteiger charge is -2.14. The molecule has 0 unspecified atom stereocenters. The number of nitrogens with one attached hydrogen (secondary N) is 3. The smallest absolute Gasteiger partial charge is 0.404 e. The minimum Gasteiger partial charge on any atom is -0.404 e. The Morgan fingerprint density at radius 2 is 1.70 bits per heavy atom. The molecule has 1 heterocycles. The summed E-state index contributed by atoms with van der Waals surface area (Å²) in [5.74, 6) is -1.70. The largest absolute Gasteiger partial charge is 0.573 e. The van der Waals surface area contributed by atoms with Gasteiger partial charge in [-0.05, 0) is 18.2 Å². The molecule has 3 rings (SSSR count). The fourth-order valence-electron chi connectivity index (χ4n) is 2.38. The number of rotatable bonds is 5. The minimum absolute atomic E-state index is 0.160. The van der Waals surface area contributed by atoms with Crippen molar-refractivity contribution in [3.63, 3.8) is 0 Å². The third kappa shape index (κ3) is 4.20. The van der Waals surface area contributed by atoms with Crippen molar-refractivity contribution in [3.8, 4) is 5.75 Å². The zero-order valence-corrected chi connectivity index (χ0v) is 14.2. The molecular weight excluding hydrogens is 387 g/mol. The number of amides is 1. The maximum Gasteiger partial charge on any atom is 0.573 e. The number of carbonyl (C=O) groups excluding carboxylic acids is 1. The van der Waals surface area contributed by atoms with Crippen molar-refractivity contribution in [1.82, 2.24) is 15.2 Å². The molecule has 1 amide bonds. The summed E-state index contributed by atoms with van der Waals surface area (Å²) in [7, 11) is -4.52. The van der Waals surface area contributed by atoms with Crippen LogP contribution in [0.5, 0.6) is 5.75 Å². The highest BCUT2D eigenvalue weighted by Crippen LogP contribution is 2.29. The van der Waals surface area contributed by atoms with E-state index in [9.17, 15) is 26.4 Å². The molecular formula is C16H12F3N3O4S. The molecule has 0 saturated carbocycles. The van der Waals surface area contributed by atoms with Gasteiger partial charge >= 0.3 is 6.36 Å². The van der Waals surface area contributed by atoms with Crippen LogP contribution in [-0.4, -0.2) is 25.7 Å². The van der Waals surface area contributed by atoms with Crippen LogP contribution in [0.1, 0.15) is 10.4 Å². The van der Waals surface area contributed by atoms with E-state index >= 15 is 0 Å². The second-order valence-electron chi connectivity index (χ2n) is 5.30. The fraction of sp³-hybridized carbons (Fsp3) is 0.0625. The number of benzene rings is 2. The fourth-order valence-corrected chi connectivity index (χ4v) is 3.35. The van der Waals surface area contributed by atoms with Crippen LogP contribution >= 0.6 is 0 Å². The summed E-state index contributed by atoms with van der Waals surface area (Å²) < 4.78 is 65.7. The zero-order valence-electron chi connectivity index (χ0n) is 13.4. The molecule has 3 aromatic rings. The van der Waals surface area contributed by atoms with E-state index < -0.39 is 32.9 Å². The van der Waals surface area contributed by atoms with Gasteiger partial charge in [0.25, 0.3) is 15.9 Å². The molecule has 0 spiro atoms. The van der Waals surface area contributed by atoms with E-state index in [0.29, 0.717) is 10.9 Å². The highest BCUT2D eigenvalue weighted by Gasteiger charge is 2.34. The van der Waals surface area contributed by atoms with E-state index in [1.165, 1.54) is 18.3 Å². The number of carbonyl (C=O) groups is 1. The Balaban J connectivity index is 1.81. The first-order valence-electron chi connectivity index (χ1n) is 7.40. The number of hydrazine groups is 1. The Morgan fingerprint density at radius 1 is 1.04 bits per heavy atom. The molecule has 0 aliphatic heterocycles. The van der Waals surface area contributed by atoms with E-state index in [1.54, 1.807) is 29.1 Å². The van der Waals surface area contributed by atoms with Crippen molar-refractivity contribution < 1.29 is 31.1 Å². The monoisotopic (exact) mass is 399 g/mol. The van der Waals surface area contributed by atoms with E-state index in [0.717, 1.165) is 12.1 Å². The summed E-state index contributed by atoms with van der Waals surface area (Å²) >= 11 is 0. The van der Waals surface area contributed by atoms with Crippen molar-refractivity contribution in [2.75, 3.05) is 0 Å². The van der Waals surface area contributed by atoms with Crippen molar-refractivity contribution in [2.24, 2.45) is 0 Å². The maximum atomic E-state index is 12.4. The van der Waals surface area contributed by atoms with Crippen molar-refractivity contribution in [2.45, 2.75) is 11.3 Å². The minimum atomic E-state index is -5.07. The number of aromatic nitrogens is 1. The predicted molar refractivity (Wildman–Crippen MR) is 89.2 cm³/mol. The van der Waals surface area contributed by atoms with E-state index in [2.05, 4.69) is 9.72 Å². The van der Waals surface area contributed by atoms with Crippen molar-refractivity contribution in [1.29, 1.82) is 0 Å². The van der Waals surface area contributed by atoms with Crippen molar-refractivity contribution in [3.05, 3.63) is 60.3 Å². The molecule has 1 aromatic heterocycles. The molecule has 27 heavy (non-hydrogen) atoms. The molecule has 11 heteroatoms. The number of sulfonamides is 1. The lowest BCUT2D eigenvalue weighted by Crippen LogP contribution is -2.41. The SMILES string of the molecule is O=C(NNS(=O)(=O)c1ccccc1OC(F)(F)F)c1c[nH]c2ccccc12. The highest BCUT2D eigenvalue weighted by molar-refractivity contribution is 7.89. The van der Waals surface area contributed by atoms with Gasteiger partial charge in [-0.15, -0.1) is 18.0 Å². The number of para-hydroxylation sites is 2. The van der Waals surface area contributed by atoms with Crippen LogP contribution in [0.3, 0.4) is 0 Å². The molecule has 3 N–H and O–H groups in total. The van der Waals surface area contributed by atoms with Crippen LogP contribution in [0.25, 0.3) is 10.9 Å². The predicted octanol–water partition coefficient (Wildman–Crippen LogP) is 2.69. The van der Waals surface area contributed by atoms with E-state index in [-0.39, 0.29) is 5.56 Å². The normalized spacial score (nSPS) is 12.1. The maximum absolute atomic E-state index is 12.4. The van der Waals surface area contributed by atoms with Crippen LogP contribution in [-0.2, 0) is 10.0 Å². The lowest BCUT2D eigenvalue weighted by atomic mass is 10.2. The van der Waals surface area contributed by atoms with Gasteiger partial charge in [-0.2, -0.15) is 0 Å². The first-order valence-corrected chi connectivity index (χ1v) is 8.89. The Kier molecular flexibility index (Phi) is 4.81. The first-order chi connectivity index (χ1) is 12.7. The van der Waals surface area contributed by atoms with Gasteiger partial charge in [0.15, 0.2) is 0 Å². The van der Waals surface area contributed by atoms with Crippen molar-refractivity contribution >= 4 is 26.8 Å². The van der Waals surface area contributed by atoms with Crippen LogP contribution < -0.4 is 15.0 Å². The molecule has 0 atom stereocenters. The van der Waals surface area contributed by atoms with Gasteiger partial charge in [-0.1, -0.05) is 30.3 Å². The number of ether oxygens (including phenoxy) is 1. The second kappa shape index (κ2) is 6.93. The highest BCUT2D eigenvalue weighted by atomic mass is 32.2. The Bertz CT molecular complexity index is 1090. The molecule has 2 aromatic carbocycles. The van der Waals surface area contributed by atoms with Gasteiger partial charge in [0.2, 0.25) is 0 Å². The summed E-state index contributed by atoms with van der Waals surface area (Å²) in [6.07, 6.45) is -3.69. The quantitative estimate of drug-likeness (QED) is 0.575. The van der Waals surface area contributed by atoms with E-state index in [4.69, 9.17) is 0 Å². The topological polar surface area (TPSA) is 100 Å². The summed E-state index contributed by atoms with van der Waals surface area (Å²) in [5, 5.41) is 0.551. The molecule has 142 valence electrons. The second-order valence-corrected chi connectivity index (χ2v) is 6.95. The van der Waals surface area contributed by atoms with E-state index in [1.807, 2.05) is 5.43 Å². The number of aromatic amines is 1. The number of H-pyrrole nitrogens is 1. The lowest BCUT2D eigenvalue weighted by molar-refractivity contribution is -0.275. The average Bonchev–Trinajstić information content (AvgIpc) is 3.03. The molecule has 0 fully saturated rings. The molecule has 0 radical (unpaired) electrons. The Morgan fingerprint density at radius 3 is 2.44 bits per heavy atom. The zero-order chi connectivity index (χ0) is 19.7. The molecule has 0 aliphatic rings. The van der Waals surface area contributed by atoms with Gasteiger partial charge in [0.05, 0.1) is 5.56 Å². The van der Waals surface area contributed by atoms with Gasteiger partial charge in [-0.25, -0.2) is 8.42 Å². The van der Waals surface area contributed by atoms with Gasteiger partial charge in [-0.3, -0.25) is 10.2 Å².